The summed E-state index contributed by atoms with van der Waals surface area (Å²) in [6.07, 6.45) is 0. The van der Waals surface area contributed by atoms with Crippen LogP contribution in [0.25, 0.3) is 0 Å². The van der Waals surface area contributed by atoms with Crippen LogP contribution in [0.15, 0.2) is 10.5 Å². The molecule has 0 aliphatic heterocycles. The van der Waals surface area contributed by atoms with E-state index in [0.717, 1.165) is 10.0 Å². The third-order valence-corrected chi connectivity index (χ3v) is 2.53. The molecule has 0 aromatic heterocycles. The predicted molar refractivity (Wildman–Crippen MR) is 56.7 cm³/mol. The van der Waals surface area contributed by atoms with Gasteiger partial charge < -0.3 is 9.47 Å². The Balaban J connectivity index is 3.49. The highest BCUT2D eigenvalue weighted by Crippen LogP contribution is 2.37. The number of rotatable bonds is 2. The fourth-order valence-corrected chi connectivity index (χ4v) is 2.03. The second-order valence-corrected chi connectivity index (χ2v) is 3.56. The summed E-state index contributed by atoms with van der Waals surface area (Å²) in [4.78, 5) is 0. The van der Waals surface area contributed by atoms with E-state index in [2.05, 4.69) is 22.0 Å². The van der Waals surface area contributed by atoms with Gasteiger partial charge in [-0.2, -0.15) is 5.26 Å². The highest BCUT2D eigenvalue weighted by Gasteiger charge is 2.14. The van der Waals surface area contributed by atoms with Gasteiger partial charge in [0.2, 0.25) is 0 Å². The number of halogens is 1. The summed E-state index contributed by atoms with van der Waals surface area (Å²) in [6.45, 7) is 1.85. The Kier molecular flexibility index (Phi) is 3.37. The average Bonchev–Trinajstić information content (AvgIpc) is 2.17. The quantitative estimate of drug-likeness (QED) is 0.816. The number of benzene rings is 1. The molecule has 0 heterocycles. The van der Waals surface area contributed by atoms with E-state index in [1.165, 1.54) is 7.11 Å². The van der Waals surface area contributed by atoms with Crippen molar-refractivity contribution in [3.05, 3.63) is 21.7 Å². The number of nitriles is 1. The van der Waals surface area contributed by atoms with Crippen LogP contribution in [0, 0.1) is 18.3 Å². The molecule has 0 saturated carbocycles. The van der Waals surface area contributed by atoms with Crippen molar-refractivity contribution >= 4 is 15.9 Å². The Morgan fingerprint density at radius 2 is 1.86 bits per heavy atom. The molecule has 74 valence electrons. The molecule has 0 fully saturated rings. The first kappa shape index (κ1) is 10.9. The van der Waals surface area contributed by atoms with Gasteiger partial charge in [-0.05, 0) is 28.9 Å². The zero-order valence-electron chi connectivity index (χ0n) is 8.22. The van der Waals surface area contributed by atoms with Crippen LogP contribution in [0.2, 0.25) is 0 Å². The molecule has 3 nitrogen and oxygen atoms in total. The molecule has 0 aliphatic carbocycles. The molecule has 0 atom stereocenters. The van der Waals surface area contributed by atoms with Gasteiger partial charge in [0.15, 0.2) is 0 Å². The third kappa shape index (κ3) is 1.68. The largest absolute Gasteiger partial charge is 0.495 e. The summed E-state index contributed by atoms with van der Waals surface area (Å²) < 4.78 is 11.1. The van der Waals surface area contributed by atoms with Gasteiger partial charge in [-0.3, -0.25) is 0 Å². The highest BCUT2D eigenvalue weighted by atomic mass is 79.9. The minimum atomic E-state index is 0.498. The number of hydrogen-bond donors (Lipinski definition) is 0. The van der Waals surface area contributed by atoms with Crippen LogP contribution in [-0.2, 0) is 0 Å². The van der Waals surface area contributed by atoms with Crippen molar-refractivity contribution in [1.82, 2.24) is 0 Å². The summed E-state index contributed by atoms with van der Waals surface area (Å²) in [7, 11) is 3.12. The molecule has 14 heavy (non-hydrogen) atoms. The molecule has 0 saturated heterocycles. The summed E-state index contributed by atoms with van der Waals surface area (Å²) in [5.74, 6) is 1.26. The van der Waals surface area contributed by atoms with Gasteiger partial charge in [-0.1, -0.05) is 0 Å². The zero-order chi connectivity index (χ0) is 10.7. The van der Waals surface area contributed by atoms with Gasteiger partial charge in [0.1, 0.15) is 17.6 Å². The molecule has 0 aliphatic rings. The Morgan fingerprint density at radius 3 is 2.29 bits per heavy atom. The average molecular weight is 256 g/mol. The van der Waals surface area contributed by atoms with Crippen LogP contribution in [0.5, 0.6) is 11.5 Å². The highest BCUT2D eigenvalue weighted by molar-refractivity contribution is 9.10. The van der Waals surface area contributed by atoms with Crippen molar-refractivity contribution in [1.29, 1.82) is 5.26 Å². The summed E-state index contributed by atoms with van der Waals surface area (Å²) in [5, 5.41) is 8.87. The fourth-order valence-electron chi connectivity index (χ4n) is 1.34. The lowest BCUT2D eigenvalue weighted by atomic mass is 10.1. The smallest absolute Gasteiger partial charge is 0.143 e. The van der Waals surface area contributed by atoms with E-state index in [4.69, 9.17) is 14.7 Å². The number of hydrogen-bond acceptors (Lipinski definition) is 3. The van der Waals surface area contributed by atoms with E-state index in [-0.39, 0.29) is 0 Å². The Bertz CT molecular complexity index is 396. The van der Waals surface area contributed by atoms with Crippen molar-refractivity contribution in [3.63, 3.8) is 0 Å². The third-order valence-electron chi connectivity index (χ3n) is 1.94. The molecule has 0 radical (unpaired) electrons. The minimum absolute atomic E-state index is 0.498. The van der Waals surface area contributed by atoms with Crippen LogP contribution in [0.3, 0.4) is 0 Å². The van der Waals surface area contributed by atoms with Crippen molar-refractivity contribution in [2.24, 2.45) is 0 Å². The van der Waals surface area contributed by atoms with Crippen molar-refractivity contribution < 1.29 is 9.47 Å². The number of methoxy groups -OCH3 is 2. The molecule has 0 amide bonds. The molecule has 1 aromatic rings. The minimum Gasteiger partial charge on any atom is -0.495 e. The topological polar surface area (TPSA) is 42.2 Å². The molecule has 0 spiro atoms. The van der Waals surface area contributed by atoms with Gasteiger partial charge in [0, 0.05) is 5.56 Å². The number of ether oxygens (including phenoxy) is 2. The van der Waals surface area contributed by atoms with E-state index < -0.39 is 0 Å². The molecule has 0 bridgehead atoms. The van der Waals surface area contributed by atoms with Crippen molar-refractivity contribution in [2.75, 3.05) is 14.2 Å². The lowest BCUT2D eigenvalue weighted by Crippen LogP contribution is -1.96. The van der Waals surface area contributed by atoms with Crippen LogP contribution in [-0.4, -0.2) is 14.2 Å². The van der Waals surface area contributed by atoms with Gasteiger partial charge in [0.05, 0.1) is 24.3 Å². The Labute approximate surface area is 91.4 Å². The van der Waals surface area contributed by atoms with Gasteiger partial charge in [0.25, 0.3) is 0 Å². The maximum atomic E-state index is 8.87. The molecule has 1 rings (SSSR count). The molecular formula is C10H10BrNO2. The fraction of sp³-hybridized carbons (Fsp3) is 0.300. The predicted octanol–water partition coefficient (Wildman–Crippen LogP) is 2.65. The zero-order valence-corrected chi connectivity index (χ0v) is 9.81. The Hall–Kier alpha value is -1.21. The second-order valence-electron chi connectivity index (χ2n) is 2.71. The maximum absolute atomic E-state index is 8.87. The summed E-state index contributed by atoms with van der Waals surface area (Å²) in [5.41, 5.74) is 1.32. The molecule has 0 N–H and O–H groups in total. The lowest BCUT2D eigenvalue weighted by Gasteiger charge is -2.12. The van der Waals surface area contributed by atoms with Crippen LogP contribution >= 0.6 is 15.9 Å². The number of nitrogens with zero attached hydrogens (tertiary/aromatic N) is 1. The van der Waals surface area contributed by atoms with Crippen molar-refractivity contribution in [3.8, 4) is 17.6 Å². The first-order valence-electron chi connectivity index (χ1n) is 3.96. The standard InChI is InChI=1S/C10H10BrNO2/c1-6-9(13-2)7(5-12)4-8(11)10(6)14-3/h4H,1-3H3. The Morgan fingerprint density at radius 1 is 1.29 bits per heavy atom. The maximum Gasteiger partial charge on any atom is 0.143 e. The molecular weight excluding hydrogens is 246 g/mol. The van der Waals surface area contributed by atoms with Crippen LogP contribution < -0.4 is 9.47 Å². The monoisotopic (exact) mass is 255 g/mol. The van der Waals surface area contributed by atoms with Gasteiger partial charge in [-0.25, -0.2) is 0 Å². The first-order valence-corrected chi connectivity index (χ1v) is 4.76. The second kappa shape index (κ2) is 4.34. The first-order chi connectivity index (χ1) is 6.65. The molecule has 0 unspecified atom stereocenters. The van der Waals surface area contributed by atoms with E-state index in [9.17, 15) is 0 Å². The van der Waals surface area contributed by atoms with Gasteiger partial charge >= 0.3 is 0 Å². The lowest BCUT2D eigenvalue weighted by molar-refractivity contribution is 0.386. The van der Waals surface area contributed by atoms with E-state index in [1.54, 1.807) is 13.2 Å². The van der Waals surface area contributed by atoms with E-state index >= 15 is 0 Å². The van der Waals surface area contributed by atoms with Crippen molar-refractivity contribution in [2.45, 2.75) is 6.92 Å². The normalized spacial score (nSPS) is 9.36. The van der Waals surface area contributed by atoms with Crippen LogP contribution in [0.1, 0.15) is 11.1 Å². The van der Waals surface area contributed by atoms with E-state index in [0.29, 0.717) is 17.1 Å². The SMILES string of the molecule is COc1c(Br)cc(C#N)c(OC)c1C. The van der Waals surface area contributed by atoms with Crippen LogP contribution in [0.4, 0.5) is 0 Å². The summed E-state index contributed by atoms with van der Waals surface area (Å²) in [6, 6.07) is 3.75. The van der Waals surface area contributed by atoms with E-state index in [1.807, 2.05) is 6.92 Å². The summed E-state index contributed by atoms with van der Waals surface area (Å²) >= 11 is 3.33. The molecule has 1 aromatic carbocycles. The molecule has 4 heteroatoms. The van der Waals surface area contributed by atoms with Gasteiger partial charge in [-0.15, -0.1) is 0 Å².